The summed E-state index contributed by atoms with van der Waals surface area (Å²) in [5.41, 5.74) is 0. The van der Waals surface area contributed by atoms with Gasteiger partial charge in [0.2, 0.25) is 0 Å². The van der Waals surface area contributed by atoms with Crippen molar-refractivity contribution in [3.8, 4) is 0 Å². The summed E-state index contributed by atoms with van der Waals surface area (Å²) < 4.78 is 2.30. The number of rotatable bonds is 1. The van der Waals surface area contributed by atoms with Gasteiger partial charge in [-0.15, -0.1) is 0 Å². The van der Waals surface area contributed by atoms with Crippen LogP contribution in [-0.4, -0.2) is 5.33 Å². The summed E-state index contributed by atoms with van der Waals surface area (Å²) in [7, 11) is 0. The second kappa shape index (κ2) is 4.10. The van der Waals surface area contributed by atoms with Crippen molar-refractivity contribution < 1.29 is 0 Å². The first-order valence-corrected chi connectivity index (χ1v) is 4.46. The van der Waals surface area contributed by atoms with Crippen LogP contribution in [0.3, 0.4) is 0 Å². The van der Waals surface area contributed by atoms with E-state index in [0.717, 1.165) is 14.3 Å². The zero-order valence-electron chi connectivity index (χ0n) is 3.84. The maximum Gasteiger partial charge on any atom is 0.0357 e. The van der Waals surface area contributed by atoms with Gasteiger partial charge < -0.3 is 0 Å². The molecule has 0 unspecified atom stereocenters. The van der Waals surface area contributed by atoms with Crippen molar-refractivity contribution in [1.82, 2.24) is 0 Å². The summed E-state index contributed by atoms with van der Waals surface area (Å²) in [6.45, 7) is 1.99. The summed E-state index contributed by atoms with van der Waals surface area (Å²) in [4.78, 5) is 0. The van der Waals surface area contributed by atoms with E-state index in [-0.39, 0.29) is 0 Å². The van der Waals surface area contributed by atoms with E-state index in [4.69, 9.17) is 0 Å². The van der Waals surface area contributed by atoms with Crippen molar-refractivity contribution >= 4 is 47.8 Å². The van der Waals surface area contributed by atoms with E-state index < -0.39 is 0 Å². The molecular formula is C4H5Br3. The summed E-state index contributed by atoms with van der Waals surface area (Å²) in [5, 5.41) is 0.879. The van der Waals surface area contributed by atoms with E-state index in [0.29, 0.717) is 0 Å². The smallest absolute Gasteiger partial charge is 0.0357 e. The molecule has 7 heavy (non-hydrogen) atoms. The van der Waals surface area contributed by atoms with Gasteiger partial charge >= 0.3 is 0 Å². The molecule has 0 fully saturated rings. The highest BCUT2D eigenvalue weighted by molar-refractivity contribution is 9.15. The van der Waals surface area contributed by atoms with Gasteiger partial charge in [0.1, 0.15) is 0 Å². The Morgan fingerprint density at radius 2 is 1.86 bits per heavy atom. The van der Waals surface area contributed by atoms with E-state index in [1.807, 2.05) is 6.92 Å². The summed E-state index contributed by atoms with van der Waals surface area (Å²) in [5.74, 6) is 0. The fourth-order valence-electron chi connectivity index (χ4n) is 0.0921. The molecule has 0 nitrogen and oxygen atoms in total. The van der Waals surface area contributed by atoms with Crippen molar-refractivity contribution in [1.29, 1.82) is 0 Å². The molecule has 0 saturated carbocycles. The second-order valence-corrected chi connectivity index (χ2v) is 3.78. The Hall–Kier alpha value is 1.18. The SMILES string of the molecule is C/C(Br)=C(/Br)CBr. The molecule has 0 aliphatic rings. The lowest BCUT2D eigenvalue weighted by atomic mass is 10.6. The van der Waals surface area contributed by atoms with Gasteiger partial charge in [0.05, 0.1) is 0 Å². The van der Waals surface area contributed by atoms with E-state index in [1.165, 1.54) is 0 Å². The molecule has 0 aliphatic carbocycles. The lowest BCUT2D eigenvalue weighted by Crippen LogP contribution is -1.69. The molecule has 0 aliphatic heterocycles. The van der Waals surface area contributed by atoms with Crippen molar-refractivity contribution in [2.45, 2.75) is 6.92 Å². The van der Waals surface area contributed by atoms with Crippen LogP contribution in [0, 0.1) is 0 Å². The second-order valence-electron chi connectivity index (χ2n) is 1.07. The average molecular weight is 293 g/mol. The number of alkyl halides is 1. The molecule has 0 bridgehead atoms. The van der Waals surface area contributed by atoms with Gasteiger partial charge in [-0.05, 0) is 6.92 Å². The monoisotopic (exact) mass is 290 g/mol. The van der Waals surface area contributed by atoms with Crippen LogP contribution in [0.5, 0.6) is 0 Å². The fraction of sp³-hybridized carbons (Fsp3) is 0.500. The first-order chi connectivity index (χ1) is 3.18. The Kier molecular flexibility index (Phi) is 4.79. The zero-order chi connectivity index (χ0) is 5.86. The zero-order valence-corrected chi connectivity index (χ0v) is 8.60. The molecule has 42 valence electrons. The molecule has 0 aromatic heterocycles. The minimum atomic E-state index is 0.879. The number of allylic oxidation sites excluding steroid dienone is 2. The van der Waals surface area contributed by atoms with Gasteiger partial charge in [-0.1, -0.05) is 47.8 Å². The molecule has 0 aromatic rings. The highest BCUT2D eigenvalue weighted by Crippen LogP contribution is 2.18. The summed E-state index contributed by atoms with van der Waals surface area (Å²) >= 11 is 9.91. The largest absolute Gasteiger partial charge is 0.0870 e. The number of hydrogen-bond donors (Lipinski definition) is 0. The van der Waals surface area contributed by atoms with E-state index in [2.05, 4.69) is 47.8 Å². The van der Waals surface area contributed by atoms with Crippen LogP contribution in [0.4, 0.5) is 0 Å². The molecular weight excluding hydrogens is 288 g/mol. The van der Waals surface area contributed by atoms with Gasteiger partial charge in [-0.2, -0.15) is 0 Å². The van der Waals surface area contributed by atoms with Crippen LogP contribution in [0.1, 0.15) is 6.92 Å². The minimum absolute atomic E-state index is 0.879. The molecule has 0 N–H and O–H groups in total. The van der Waals surface area contributed by atoms with Gasteiger partial charge in [0.25, 0.3) is 0 Å². The van der Waals surface area contributed by atoms with Crippen molar-refractivity contribution in [2.75, 3.05) is 5.33 Å². The van der Waals surface area contributed by atoms with Crippen LogP contribution in [0.15, 0.2) is 8.96 Å². The molecule has 0 amide bonds. The molecule has 0 heterocycles. The predicted octanol–water partition coefficient (Wildman–Crippen LogP) is 3.40. The molecule has 0 radical (unpaired) electrons. The summed E-state index contributed by atoms with van der Waals surface area (Å²) in [6, 6.07) is 0. The Bertz CT molecular complexity index is 80.9. The van der Waals surface area contributed by atoms with Crippen LogP contribution in [0.2, 0.25) is 0 Å². The van der Waals surface area contributed by atoms with Gasteiger partial charge in [0, 0.05) is 14.3 Å². The quantitative estimate of drug-likeness (QED) is 0.650. The number of halogens is 3. The third kappa shape index (κ3) is 3.74. The summed E-state index contributed by atoms with van der Waals surface area (Å²) in [6.07, 6.45) is 0. The maximum absolute atomic E-state index is 3.33. The standard InChI is InChI=1S/C4H5Br3/c1-3(6)4(7)2-5/h2H2,1H3/b4-3-. The Morgan fingerprint density at radius 1 is 1.43 bits per heavy atom. The van der Waals surface area contributed by atoms with Crippen LogP contribution >= 0.6 is 47.8 Å². The van der Waals surface area contributed by atoms with Crippen LogP contribution < -0.4 is 0 Å². The molecule has 3 heteroatoms. The fourth-order valence-corrected chi connectivity index (χ4v) is 1.03. The maximum atomic E-state index is 3.33. The molecule has 0 spiro atoms. The third-order valence-corrected chi connectivity index (χ3v) is 3.69. The first kappa shape index (κ1) is 8.18. The highest BCUT2D eigenvalue weighted by Gasteiger charge is 1.88. The van der Waals surface area contributed by atoms with Crippen molar-refractivity contribution in [2.24, 2.45) is 0 Å². The lowest BCUT2D eigenvalue weighted by molar-refractivity contribution is 1.61. The topological polar surface area (TPSA) is 0 Å². The van der Waals surface area contributed by atoms with E-state index in [1.54, 1.807) is 0 Å². The predicted molar refractivity (Wildman–Crippen MR) is 44.3 cm³/mol. The molecule has 0 aromatic carbocycles. The lowest BCUT2D eigenvalue weighted by Gasteiger charge is -1.88. The Balaban J connectivity index is 3.72. The van der Waals surface area contributed by atoms with Gasteiger partial charge in [0.15, 0.2) is 0 Å². The van der Waals surface area contributed by atoms with Crippen LogP contribution in [0.25, 0.3) is 0 Å². The van der Waals surface area contributed by atoms with Gasteiger partial charge in [-0.3, -0.25) is 0 Å². The van der Waals surface area contributed by atoms with E-state index in [9.17, 15) is 0 Å². The molecule has 0 rings (SSSR count). The van der Waals surface area contributed by atoms with Gasteiger partial charge in [-0.25, -0.2) is 0 Å². The van der Waals surface area contributed by atoms with Crippen molar-refractivity contribution in [3.63, 3.8) is 0 Å². The van der Waals surface area contributed by atoms with Crippen LogP contribution in [-0.2, 0) is 0 Å². The average Bonchev–Trinajstić information content (AvgIpc) is 1.65. The molecule has 0 atom stereocenters. The minimum Gasteiger partial charge on any atom is -0.0870 e. The Labute approximate surface area is 68.7 Å². The third-order valence-electron chi connectivity index (χ3n) is 0.491. The molecule has 0 saturated heterocycles. The Morgan fingerprint density at radius 3 is 1.86 bits per heavy atom. The van der Waals surface area contributed by atoms with E-state index >= 15 is 0 Å². The number of hydrogen-bond acceptors (Lipinski definition) is 0. The highest BCUT2D eigenvalue weighted by atomic mass is 79.9. The van der Waals surface area contributed by atoms with Crippen molar-refractivity contribution in [3.05, 3.63) is 8.96 Å². The normalized spacial score (nSPS) is 13.7. The first-order valence-electron chi connectivity index (χ1n) is 1.75.